The highest BCUT2D eigenvalue weighted by Crippen LogP contribution is 2.52. The molecule has 16 nitrogen and oxygen atoms in total. The number of carbonyl (C=O) groups excluding carboxylic acids is 3. The van der Waals surface area contributed by atoms with E-state index in [1.807, 2.05) is 84.8 Å². The Balaban J connectivity index is 1.19. The van der Waals surface area contributed by atoms with Crippen LogP contribution in [0, 0.1) is 23.2 Å². The highest BCUT2D eigenvalue weighted by molar-refractivity contribution is 5.96. The number of alkyl carbamates (subject to hydrolysis) is 1. The molecule has 1 saturated heterocycles. The normalized spacial score (nSPS) is 26.4. The summed E-state index contributed by atoms with van der Waals surface area (Å²) < 4.78 is 20.2. The number of carboxylic acids is 1. The lowest BCUT2D eigenvalue weighted by Gasteiger charge is -2.35. The number of ether oxygens (including phenoxy) is 3. The first-order chi connectivity index (χ1) is 27.9. The van der Waals surface area contributed by atoms with Gasteiger partial charge in [-0.05, 0) is 88.9 Å². The van der Waals surface area contributed by atoms with Crippen LogP contribution in [0.5, 0.6) is 11.5 Å². The molecular weight excluding hydrogens is 757 g/mol. The second-order valence-corrected chi connectivity index (χ2v) is 18.5. The number of aromatic nitrogens is 3. The fraction of sp³-hybridized carbons (Fsp3) is 0.628. The molecule has 2 unspecified atom stereocenters. The Morgan fingerprint density at radius 2 is 1.78 bits per heavy atom. The molecule has 3 amide bonds. The number of hydrogen-bond donors (Lipinski definition) is 4. The van der Waals surface area contributed by atoms with Crippen LogP contribution in [-0.4, -0.2) is 123 Å². The summed E-state index contributed by atoms with van der Waals surface area (Å²) in [6.07, 6.45) is 4.05. The largest absolute Gasteiger partial charge is 0.492 e. The van der Waals surface area contributed by atoms with E-state index >= 15 is 0 Å². The minimum atomic E-state index is -1.40. The molecule has 3 heterocycles. The minimum absolute atomic E-state index is 0.00139. The molecule has 3 aromatic rings. The third-order valence-corrected chi connectivity index (χ3v) is 12.1. The summed E-state index contributed by atoms with van der Waals surface area (Å²) in [5.41, 5.74) is -1.58. The summed E-state index contributed by atoms with van der Waals surface area (Å²) in [5.74, 6) is 1.07. The number of amides is 3. The van der Waals surface area contributed by atoms with Crippen LogP contribution in [0.4, 0.5) is 10.6 Å². The van der Waals surface area contributed by atoms with Crippen LogP contribution >= 0.6 is 0 Å². The standard InChI is InChI=1S/C43H60N8O8/c1-9-27-22-43(27,40(54)55)47-38(52)33-20-30(23-50(33)39(53)37(42(4,5)6)46-41(56)59-29-17-25-16-26(25)18-29)58-34-21-36(51-13-12-35(48-51)44-24(2)3)45-32-19-28(10-11-31(32)34)57-15-14-49(7)8/h10-13,19,21,24-27,29-30,33,37H,9,14-18,20,22-23H2,1-8H3,(H,44,48)(H,46,56)(H,47,52)(H,54,55)/t25-,26+,27-,29?,30-,33?,37-,43-/m1/s1. The number of fused-ring (bicyclic) bond motifs is 2. The fourth-order valence-electron chi connectivity index (χ4n) is 8.66. The molecule has 1 aromatic carbocycles. The topological polar surface area (TPSA) is 189 Å². The Morgan fingerprint density at radius 3 is 2.42 bits per heavy atom. The first kappa shape index (κ1) is 42.0. The van der Waals surface area contributed by atoms with Gasteiger partial charge in [-0.2, -0.15) is 0 Å². The third kappa shape index (κ3) is 9.37. The molecule has 0 radical (unpaired) electrons. The van der Waals surface area contributed by atoms with Crippen molar-refractivity contribution in [1.29, 1.82) is 0 Å². The van der Waals surface area contributed by atoms with Crippen LogP contribution in [-0.2, 0) is 19.1 Å². The predicted octanol–water partition coefficient (Wildman–Crippen LogP) is 4.84. The predicted molar refractivity (Wildman–Crippen MR) is 221 cm³/mol. The number of nitrogens with one attached hydrogen (secondary N) is 3. The van der Waals surface area contributed by atoms with Crippen molar-refractivity contribution in [1.82, 2.24) is 35.2 Å². The zero-order chi connectivity index (χ0) is 42.4. The molecule has 0 bridgehead atoms. The Bertz CT molecular complexity index is 2050. The average molecular weight is 817 g/mol. The second-order valence-electron chi connectivity index (χ2n) is 18.5. The van der Waals surface area contributed by atoms with Crippen LogP contribution in [0.3, 0.4) is 0 Å². The van der Waals surface area contributed by atoms with Crippen LogP contribution in [0.1, 0.15) is 80.1 Å². The molecule has 16 heteroatoms. The van der Waals surface area contributed by atoms with Crippen molar-refractivity contribution in [3.63, 3.8) is 0 Å². The van der Waals surface area contributed by atoms with Gasteiger partial charge in [0.05, 0.1) is 12.1 Å². The van der Waals surface area contributed by atoms with Crippen molar-refractivity contribution in [3.8, 4) is 17.3 Å². The number of benzene rings is 1. The van der Waals surface area contributed by atoms with E-state index in [2.05, 4.69) is 21.0 Å². The van der Waals surface area contributed by atoms with Gasteiger partial charge < -0.3 is 45.1 Å². The van der Waals surface area contributed by atoms with Crippen LogP contribution < -0.4 is 25.4 Å². The molecule has 2 aromatic heterocycles. The van der Waals surface area contributed by atoms with Gasteiger partial charge in [-0.15, -0.1) is 5.10 Å². The van der Waals surface area contributed by atoms with Gasteiger partial charge >= 0.3 is 12.1 Å². The Hall–Kier alpha value is -5.12. The van der Waals surface area contributed by atoms with Gasteiger partial charge in [0, 0.05) is 48.8 Å². The van der Waals surface area contributed by atoms with E-state index in [0.29, 0.717) is 65.3 Å². The van der Waals surface area contributed by atoms with Gasteiger partial charge in [0.1, 0.15) is 53.8 Å². The number of hydrogen-bond acceptors (Lipinski definition) is 11. The number of likely N-dealkylation sites (N-methyl/N-ethyl adjacent to an activating group) is 1. The van der Waals surface area contributed by atoms with Crippen LogP contribution in [0.15, 0.2) is 36.5 Å². The van der Waals surface area contributed by atoms with Crippen molar-refractivity contribution in [2.24, 2.45) is 23.2 Å². The maximum atomic E-state index is 14.7. The quantitative estimate of drug-likeness (QED) is 0.154. The number of aliphatic carboxylic acids is 1. The first-order valence-corrected chi connectivity index (χ1v) is 21.0. The van der Waals surface area contributed by atoms with Crippen molar-refractivity contribution in [2.45, 2.75) is 116 Å². The monoisotopic (exact) mass is 816 g/mol. The number of likely N-dealkylation sites (tertiary alicyclic amines) is 1. The maximum absolute atomic E-state index is 14.7. The molecule has 0 spiro atoms. The van der Waals surface area contributed by atoms with E-state index in [1.54, 1.807) is 16.9 Å². The lowest BCUT2D eigenvalue weighted by molar-refractivity contribution is -0.146. The molecule has 4 fully saturated rings. The average Bonchev–Trinajstić information content (AvgIpc) is 3.83. The van der Waals surface area contributed by atoms with Crippen LogP contribution in [0.25, 0.3) is 16.7 Å². The molecule has 4 N–H and O–H groups in total. The lowest BCUT2D eigenvalue weighted by atomic mass is 9.85. The highest BCUT2D eigenvalue weighted by Gasteiger charge is 2.61. The summed E-state index contributed by atoms with van der Waals surface area (Å²) in [4.78, 5) is 63.1. The van der Waals surface area contributed by atoms with Gasteiger partial charge in [0.25, 0.3) is 0 Å². The second kappa shape index (κ2) is 16.5. The van der Waals surface area contributed by atoms with E-state index < -0.39 is 53.0 Å². The smallest absolute Gasteiger partial charge is 0.408 e. The van der Waals surface area contributed by atoms with Gasteiger partial charge in [-0.25, -0.2) is 19.3 Å². The molecule has 4 aliphatic rings. The highest BCUT2D eigenvalue weighted by atomic mass is 16.6. The summed E-state index contributed by atoms with van der Waals surface area (Å²) in [6, 6.07) is 7.24. The minimum Gasteiger partial charge on any atom is -0.492 e. The first-order valence-electron chi connectivity index (χ1n) is 21.0. The number of anilines is 1. The summed E-state index contributed by atoms with van der Waals surface area (Å²) in [6.45, 7) is 12.7. The van der Waals surface area contributed by atoms with E-state index in [0.717, 1.165) is 19.4 Å². The molecule has 59 heavy (non-hydrogen) atoms. The summed E-state index contributed by atoms with van der Waals surface area (Å²) >= 11 is 0. The van der Waals surface area contributed by atoms with Crippen molar-refractivity contribution in [3.05, 3.63) is 36.5 Å². The van der Waals surface area contributed by atoms with Gasteiger partial charge in [-0.1, -0.05) is 34.1 Å². The lowest BCUT2D eigenvalue weighted by Crippen LogP contribution is -2.59. The molecule has 7 rings (SSSR count). The number of rotatable bonds is 16. The number of nitrogens with zero attached hydrogens (tertiary/aromatic N) is 5. The molecule has 1 aliphatic heterocycles. The molecule has 8 atom stereocenters. The van der Waals surface area contributed by atoms with Crippen molar-refractivity contribution < 1.29 is 38.5 Å². The van der Waals surface area contributed by atoms with E-state index in [4.69, 9.17) is 19.2 Å². The van der Waals surface area contributed by atoms with Gasteiger partial charge in [-0.3, -0.25) is 9.59 Å². The van der Waals surface area contributed by atoms with E-state index in [1.165, 1.54) is 11.3 Å². The summed E-state index contributed by atoms with van der Waals surface area (Å²) in [5, 5.41) is 24.5. The Kier molecular flexibility index (Phi) is 11.8. The SMILES string of the molecule is CC[C@@H]1C[C@]1(NC(=O)C1C[C@@H](Oc2cc(-n3ccc(NC(C)C)n3)nc3cc(OCCN(C)C)ccc23)CN1C(=O)[C@@H](NC(=O)OC1C[C@@H]2C[C@@H]2C1)C(C)(C)C)C(=O)O. The fourth-order valence-corrected chi connectivity index (χ4v) is 8.66. The zero-order valence-corrected chi connectivity index (χ0v) is 35.5. The summed E-state index contributed by atoms with van der Waals surface area (Å²) in [7, 11) is 3.95. The third-order valence-electron chi connectivity index (χ3n) is 12.1. The molecule has 3 aliphatic carbocycles. The van der Waals surface area contributed by atoms with Gasteiger partial charge in [0.2, 0.25) is 11.8 Å². The van der Waals surface area contributed by atoms with Crippen molar-refractivity contribution in [2.75, 3.05) is 39.1 Å². The zero-order valence-electron chi connectivity index (χ0n) is 35.5. The number of carboxylic acid groups (broad SMARTS) is 1. The van der Waals surface area contributed by atoms with Gasteiger partial charge in [0.15, 0.2) is 5.82 Å². The molecular formula is C43H60N8O8. The van der Waals surface area contributed by atoms with E-state index in [-0.39, 0.29) is 31.0 Å². The number of carbonyl (C=O) groups is 4. The molecule has 3 saturated carbocycles. The van der Waals surface area contributed by atoms with Crippen LogP contribution in [0.2, 0.25) is 0 Å². The number of pyridine rings is 1. The van der Waals surface area contributed by atoms with E-state index in [9.17, 15) is 24.3 Å². The molecule has 320 valence electrons. The van der Waals surface area contributed by atoms with Crippen molar-refractivity contribution >= 4 is 40.6 Å². The maximum Gasteiger partial charge on any atom is 0.408 e. The Morgan fingerprint density at radius 1 is 1.03 bits per heavy atom. The Labute approximate surface area is 345 Å².